The summed E-state index contributed by atoms with van der Waals surface area (Å²) < 4.78 is 0. The number of carbonyl (C=O) groups is 1. The normalized spacial score (nSPS) is 10.9. The largest absolute Gasteiger partial charge is 0.372 e. The van der Waals surface area contributed by atoms with Gasteiger partial charge in [-0.15, -0.1) is 24.8 Å². The van der Waals surface area contributed by atoms with Crippen molar-refractivity contribution in [1.82, 2.24) is 5.32 Å². The number of anilines is 1. The maximum Gasteiger partial charge on any atom is 0.251 e. The highest BCUT2D eigenvalue weighted by Crippen LogP contribution is 2.15. The molecule has 0 bridgehead atoms. The lowest BCUT2D eigenvalue weighted by Gasteiger charge is -2.22. The van der Waals surface area contributed by atoms with Crippen molar-refractivity contribution >= 4 is 36.4 Å². The molecule has 0 heterocycles. The average Bonchev–Trinajstić information content (AvgIpc) is 2.44. The SMILES string of the molecule is CCCN(CC)c1ccc(C(=O)N[C@@H](C)CN)cc1.Cl.Cl. The molecule has 0 unspecified atom stereocenters. The van der Waals surface area contributed by atoms with Crippen LogP contribution in [0, 0.1) is 0 Å². The van der Waals surface area contributed by atoms with Crippen molar-refractivity contribution in [2.75, 3.05) is 24.5 Å². The van der Waals surface area contributed by atoms with Gasteiger partial charge in [0.2, 0.25) is 0 Å². The highest BCUT2D eigenvalue weighted by Gasteiger charge is 2.09. The lowest BCUT2D eigenvalue weighted by atomic mass is 10.1. The zero-order valence-electron chi connectivity index (χ0n) is 13.0. The molecule has 0 saturated heterocycles. The van der Waals surface area contributed by atoms with Gasteiger partial charge in [0.15, 0.2) is 0 Å². The Labute approximate surface area is 140 Å². The number of carbonyl (C=O) groups excluding carboxylic acids is 1. The Bertz CT molecular complexity index is 398. The van der Waals surface area contributed by atoms with Gasteiger partial charge in [-0.25, -0.2) is 0 Å². The summed E-state index contributed by atoms with van der Waals surface area (Å²) in [5, 5.41) is 2.86. The van der Waals surface area contributed by atoms with Gasteiger partial charge in [0.05, 0.1) is 0 Å². The number of hydrogen-bond donors (Lipinski definition) is 2. The van der Waals surface area contributed by atoms with E-state index in [1.54, 1.807) is 0 Å². The van der Waals surface area contributed by atoms with Crippen LogP contribution in [0.4, 0.5) is 5.69 Å². The second kappa shape index (κ2) is 11.7. The van der Waals surface area contributed by atoms with E-state index in [-0.39, 0.29) is 36.8 Å². The van der Waals surface area contributed by atoms with E-state index in [9.17, 15) is 4.79 Å². The highest BCUT2D eigenvalue weighted by molar-refractivity contribution is 5.94. The Hall–Kier alpha value is -0.970. The van der Waals surface area contributed by atoms with Crippen molar-refractivity contribution in [3.05, 3.63) is 29.8 Å². The average molecular weight is 336 g/mol. The number of amides is 1. The molecule has 122 valence electrons. The number of hydrogen-bond acceptors (Lipinski definition) is 3. The molecule has 6 heteroatoms. The molecular formula is C15H27Cl2N3O. The molecule has 4 nitrogen and oxygen atoms in total. The molecule has 1 amide bonds. The summed E-state index contributed by atoms with van der Waals surface area (Å²) in [6, 6.07) is 7.74. The van der Waals surface area contributed by atoms with Crippen LogP contribution in [0.1, 0.15) is 37.6 Å². The molecular weight excluding hydrogens is 309 g/mol. The predicted molar refractivity (Wildman–Crippen MR) is 95.1 cm³/mol. The van der Waals surface area contributed by atoms with Crippen LogP contribution >= 0.6 is 24.8 Å². The lowest BCUT2D eigenvalue weighted by Crippen LogP contribution is -2.37. The van der Waals surface area contributed by atoms with Gasteiger partial charge in [-0.2, -0.15) is 0 Å². The van der Waals surface area contributed by atoms with Crippen molar-refractivity contribution in [3.63, 3.8) is 0 Å². The Balaban J connectivity index is 0. The van der Waals surface area contributed by atoms with Crippen molar-refractivity contribution in [3.8, 4) is 0 Å². The summed E-state index contributed by atoms with van der Waals surface area (Å²) in [6.45, 7) is 8.66. The number of rotatable bonds is 7. The van der Waals surface area contributed by atoms with E-state index in [1.807, 2.05) is 31.2 Å². The molecule has 21 heavy (non-hydrogen) atoms. The standard InChI is InChI=1S/C15H25N3O.2ClH/c1-4-10-18(5-2)14-8-6-13(7-9-14)15(19)17-12(3)11-16;;/h6-9,12H,4-5,10-11,16H2,1-3H3,(H,17,19);2*1H/t12-;;/m0../s1. The maximum atomic E-state index is 11.9. The van der Waals surface area contributed by atoms with Gasteiger partial charge in [-0.1, -0.05) is 6.92 Å². The third-order valence-electron chi connectivity index (χ3n) is 3.10. The molecule has 0 aliphatic carbocycles. The van der Waals surface area contributed by atoms with Gasteiger partial charge in [-0.3, -0.25) is 4.79 Å². The van der Waals surface area contributed by atoms with Gasteiger partial charge >= 0.3 is 0 Å². The van der Waals surface area contributed by atoms with Crippen LogP contribution in [0.25, 0.3) is 0 Å². The summed E-state index contributed by atoms with van der Waals surface area (Å²) in [5.74, 6) is -0.0666. The summed E-state index contributed by atoms with van der Waals surface area (Å²) in [5.41, 5.74) is 7.33. The first kappa shape index (κ1) is 22.3. The van der Waals surface area contributed by atoms with Gasteiger partial charge < -0.3 is 16.0 Å². The predicted octanol–water partition coefficient (Wildman–Crippen LogP) is 2.84. The third kappa shape index (κ3) is 7.02. The van der Waals surface area contributed by atoms with Gasteiger partial charge in [0, 0.05) is 36.9 Å². The number of nitrogens with one attached hydrogen (secondary N) is 1. The van der Waals surface area contributed by atoms with Gasteiger partial charge in [0.1, 0.15) is 0 Å². The number of halogens is 2. The van der Waals surface area contributed by atoms with Crippen LogP contribution in [-0.4, -0.2) is 31.6 Å². The minimum absolute atomic E-state index is 0. The monoisotopic (exact) mass is 335 g/mol. The fourth-order valence-corrected chi connectivity index (χ4v) is 1.93. The smallest absolute Gasteiger partial charge is 0.251 e. The third-order valence-corrected chi connectivity index (χ3v) is 3.10. The van der Waals surface area contributed by atoms with E-state index in [0.29, 0.717) is 12.1 Å². The number of nitrogens with zero attached hydrogens (tertiary/aromatic N) is 1. The van der Waals surface area contributed by atoms with Crippen LogP contribution in [0.2, 0.25) is 0 Å². The molecule has 0 fully saturated rings. The highest BCUT2D eigenvalue weighted by atomic mass is 35.5. The molecule has 1 rings (SSSR count). The first-order valence-corrected chi connectivity index (χ1v) is 6.98. The van der Waals surface area contributed by atoms with Crippen LogP contribution < -0.4 is 16.0 Å². The van der Waals surface area contributed by atoms with E-state index >= 15 is 0 Å². The Kier molecular flexibility index (Phi) is 12.4. The lowest BCUT2D eigenvalue weighted by molar-refractivity contribution is 0.0941. The second-order valence-electron chi connectivity index (χ2n) is 4.74. The number of benzene rings is 1. The quantitative estimate of drug-likeness (QED) is 0.805. The van der Waals surface area contributed by atoms with E-state index < -0.39 is 0 Å². The molecule has 0 saturated carbocycles. The fourth-order valence-electron chi connectivity index (χ4n) is 1.93. The Morgan fingerprint density at radius 1 is 1.24 bits per heavy atom. The maximum absolute atomic E-state index is 11.9. The van der Waals surface area contributed by atoms with Crippen LogP contribution in [-0.2, 0) is 0 Å². The first-order chi connectivity index (χ1) is 9.12. The molecule has 1 aromatic carbocycles. The topological polar surface area (TPSA) is 58.4 Å². The molecule has 0 radical (unpaired) electrons. The van der Waals surface area contributed by atoms with Crippen molar-refractivity contribution in [2.24, 2.45) is 5.73 Å². The molecule has 0 aliphatic rings. The van der Waals surface area contributed by atoms with E-state index in [2.05, 4.69) is 24.1 Å². The molecule has 0 spiro atoms. The second-order valence-corrected chi connectivity index (χ2v) is 4.74. The minimum atomic E-state index is -0.0666. The van der Waals surface area contributed by atoms with E-state index in [4.69, 9.17) is 5.73 Å². The number of nitrogens with two attached hydrogens (primary N) is 1. The van der Waals surface area contributed by atoms with Crippen LogP contribution in [0.15, 0.2) is 24.3 Å². The summed E-state index contributed by atoms with van der Waals surface area (Å²) in [6.07, 6.45) is 1.12. The summed E-state index contributed by atoms with van der Waals surface area (Å²) in [4.78, 5) is 14.2. The van der Waals surface area contributed by atoms with Crippen LogP contribution in [0.5, 0.6) is 0 Å². The summed E-state index contributed by atoms with van der Waals surface area (Å²) >= 11 is 0. The molecule has 1 aromatic rings. The zero-order chi connectivity index (χ0) is 14.3. The van der Waals surface area contributed by atoms with Crippen molar-refractivity contribution in [2.45, 2.75) is 33.2 Å². The van der Waals surface area contributed by atoms with Crippen LogP contribution in [0.3, 0.4) is 0 Å². The zero-order valence-corrected chi connectivity index (χ0v) is 14.6. The van der Waals surface area contributed by atoms with Crippen molar-refractivity contribution in [1.29, 1.82) is 0 Å². The van der Waals surface area contributed by atoms with E-state index in [1.165, 1.54) is 0 Å². The molecule has 0 aliphatic heterocycles. The Morgan fingerprint density at radius 3 is 2.24 bits per heavy atom. The fraction of sp³-hybridized carbons (Fsp3) is 0.533. The first-order valence-electron chi connectivity index (χ1n) is 6.98. The van der Waals surface area contributed by atoms with Gasteiger partial charge in [0.25, 0.3) is 5.91 Å². The van der Waals surface area contributed by atoms with Crippen molar-refractivity contribution < 1.29 is 4.79 Å². The molecule has 1 atom stereocenters. The minimum Gasteiger partial charge on any atom is -0.372 e. The molecule has 3 N–H and O–H groups in total. The summed E-state index contributed by atoms with van der Waals surface area (Å²) in [7, 11) is 0. The van der Waals surface area contributed by atoms with Gasteiger partial charge in [-0.05, 0) is 44.5 Å². The van der Waals surface area contributed by atoms with E-state index in [0.717, 1.165) is 25.2 Å². The Morgan fingerprint density at radius 2 is 1.81 bits per heavy atom. The molecule has 0 aromatic heterocycles.